The minimum absolute atomic E-state index is 0.298. The van der Waals surface area contributed by atoms with Gasteiger partial charge in [0, 0.05) is 0 Å². The summed E-state index contributed by atoms with van der Waals surface area (Å²) >= 11 is -1.72. The summed E-state index contributed by atoms with van der Waals surface area (Å²) < 4.78 is 17.1. The zero-order valence-corrected chi connectivity index (χ0v) is 13.6. The van der Waals surface area contributed by atoms with Gasteiger partial charge in [-0.25, -0.2) is 0 Å². The van der Waals surface area contributed by atoms with Gasteiger partial charge in [-0.1, -0.05) is 0 Å². The third-order valence-corrected chi connectivity index (χ3v) is 5.65. The van der Waals surface area contributed by atoms with E-state index < -0.39 is 54.8 Å². The summed E-state index contributed by atoms with van der Waals surface area (Å²) in [7, 11) is 0. The average molecular weight is 445 g/mol. The van der Waals surface area contributed by atoms with E-state index in [0.717, 1.165) is 10.6 Å². The van der Waals surface area contributed by atoms with E-state index in [1.165, 1.54) is 6.20 Å². The van der Waals surface area contributed by atoms with Crippen LogP contribution in [-0.2, 0) is 14.9 Å². The molecule has 1 unspecified atom stereocenters. The van der Waals surface area contributed by atoms with E-state index in [9.17, 15) is 14.4 Å². The predicted octanol–water partition coefficient (Wildman–Crippen LogP) is -2.05. The number of hydrogen-bond donors (Lipinski definition) is 1. The number of ketones is 1. The van der Waals surface area contributed by atoms with Crippen molar-refractivity contribution in [2.24, 2.45) is 0 Å². The third kappa shape index (κ3) is 1.98. The summed E-state index contributed by atoms with van der Waals surface area (Å²) in [5.41, 5.74) is -1.20. The van der Waals surface area contributed by atoms with Crippen LogP contribution in [0, 0.1) is 0 Å². The molecule has 0 saturated carbocycles. The molecule has 1 aromatic rings. The van der Waals surface area contributed by atoms with Gasteiger partial charge in [-0.15, -0.1) is 0 Å². The molecule has 0 amide bonds. The minimum atomic E-state index is -1.72. The Bertz CT molecular complexity index is 595. The monoisotopic (exact) mass is 445 g/mol. The number of ether oxygens (including phenoxy) is 1. The Labute approximate surface area is 113 Å². The number of aromatic amines is 1. The number of hydrogen-bond acceptors (Lipinski definition) is 6. The Balaban J connectivity index is 1.95. The molecule has 2 aliphatic heterocycles. The summed E-state index contributed by atoms with van der Waals surface area (Å²) in [5, 5.41) is 0. The number of carbonyl (C=O) groups excluding carboxylic acids is 1. The van der Waals surface area contributed by atoms with Crippen molar-refractivity contribution in [3.05, 3.63) is 33.1 Å². The quantitative estimate of drug-likeness (QED) is 0.501. The number of carbonyl (C=O) groups is 1. The molecular formula is C9H8N2O6Tl. The third-order valence-electron chi connectivity index (χ3n) is 2.80. The van der Waals surface area contributed by atoms with Crippen LogP contribution in [0.5, 0.6) is 0 Å². The molecule has 0 aliphatic carbocycles. The molecule has 1 aromatic heterocycles. The Morgan fingerprint density at radius 1 is 1.39 bits per heavy atom. The first-order chi connectivity index (χ1) is 8.66. The Morgan fingerprint density at radius 2 is 2.22 bits per heavy atom. The second-order valence-corrected chi connectivity index (χ2v) is 7.03. The first-order valence-corrected chi connectivity index (χ1v) is 8.93. The van der Waals surface area contributed by atoms with Crippen LogP contribution in [0.1, 0.15) is 6.23 Å². The van der Waals surface area contributed by atoms with Crippen molar-refractivity contribution in [2.45, 2.75) is 18.4 Å². The van der Waals surface area contributed by atoms with E-state index in [-0.39, 0.29) is 5.78 Å². The van der Waals surface area contributed by atoms with Gasteiger partial charge in [-0.3, -0.25) is 0 Å². The normalized spacial score (nSPS) is 30.4. The van der Waals surface area contributed by atoms with Crippen LogP contribution in [0.3, 0.4) is 0 Å². The van der Waals surface area contributed by atoms with Gasteiger partial charge in [0.05, 0.1) is 0 Å². The molecule has 3 rings (SSSR count). The summed E-state index contributed by atoms with van der Waals surface area (Å²) in [4.78, 5) is 36.7. The number of nitrogens with one attached hydrogen (secondary N) is 1. The van der Waals surface area contributed by atoms with Gasteiger partial charge >= 0.3 is 114 Å². The van der Waals surface area contributed by atoms with Gasteiger partial charge < -0.3 is 0 Å². The van der Waals surface area contributed by atoms with Gasteiger partial charge in [-0.05, 0) is 0 Å². The zero-order chi connectivity index (χ0) is 12.7. The van der Waals surface area contributed by atoms with Crippen molar-refractivity contribution in [3.8, 4) is 0 Å². The van der Waals surface area contributed by atoms with E-state index in [1.807, 2.05) is 0 Å². The Hall–Kier alpha value is -0.848. The summed E-state index contributed by atoms with van der Waals surface area (Å²) in [6, 6.07) is 1.16. The number of Topliss-reactive ketones (excluding diaryl/α,β-unsaturated/α-hetero) is 1. The number of fused-ring (bicyclic) bond motifs is 1. The van der Waals surface area contributed by atoms with Crippen molar-refractivity contribution < 1.29 is 14.9 Å². The van der Waals surface area contributed by atoms with Crippen LogP contribution in [0.15, 0.2) is 21.9 Å². The molecule has 0 spiro atoms. The van der Waals surface area contributed by atoms with Gasteiger partial charge in [0.15, 0.2) is 0 Å². The van der Waals surface area contributed by atoms with Crippen LogP contribution in [-0.4, -0.2) is 59.3 Å². The van der Waals surface area contributed by atoms with E-state index in [0.29, 0.717) is 6.61 Å². The number of rotatable bonds is 1. The van der Waals surface area contributed by atoms with Crippen molar-refractivity contribution in [1.29, 1.82) is 0 Å². The Kier molecular flexibility index (Phi) is 3.17. The number of H-pyrrole nitrogens is 1. The number of nitrogens with zero attached hydrogens (tertiary/aromatic N) is 1. The standard InChI is InChI=1S/C9H8N2O6.Tl/c12-3-4-6(14)7(15)8(17-4)11-2-1-5(13)10-9(11)16;/h1-2,4,6,8H,3H2,(H,10,13,16);/q-2;+2/t4-,6?,8-;/m1./s1. The van der Waals surface area contributed by atoms with Crippen LogP contribution >= 0.6 is 0 Å². The van der Waals surface area contributed by atoms with E-state index in [1.54, 1.807) is 0 Å². The SMILES string of the molecule is O=C1C2[O][Tl][O]C[C@H]2O[C@H]1n1ccc(=O)[nH]c1=O. The molecule has 2 saturated heterocycles. The van der Waals surface area contributed by atoms with Crippen LogP contribution < -0.4 is 11.2 Å². The molecule has 8 nitrogen and oxygen atoms in total. The van der Waals surface area contributed by atoms with Gasteiger partial charge in [0.25, 0.3) is 0 Å². The molecule has 2 aliphatic rings. The Morgan fingerprint density at radius 3 is 2.94 bits per heavy atom. The second-order valence-electron chi connectivity index (χ2n) is 3.93. The van der Waals surface area contributed by atoms with Crippen molar-refractivity contribution in [2.75, 3.05) is 6.61 Å². The molecule has 0 radical (unpaired) electrons. The van der Waals surface area contributed by atoms with Gasteiger partial charge in [-0.2, -0.15) is 0 Å². The fourth-order valence-corrected chi connectivity index (χ4v) is 4.97. The molecule has 0 bridgehead atoms. The maximum absolute atomic E-state index is 12.1. The van der Waals surface area contributed by atoms with E-state index in [2.05, 4.69) is 4.98 Å². The predicted molar refractivity (Wildman–Crippen MR) is 56.8 cm³/mol. The molecule has 3 heterocycles. The molecule has 1 N–H and O–H groups in total. The van der Waals surface area contributed by atoms with Crippen LogP contribution in [0.4, 0.5) is 0 Å². The molecule has 18 heavy (non-hydrogen) atoms. The fourth-order valence-electron chi connectivity index (χ4n) is 1.96. The molecule has 0 aromatic carbocycles. The molecule has 3 atom stereocenters. The first-order valence-electron chi connectivity index (χ1n) is 5.26. The molecule has 9 heteroatoms. The van der Waals surface area contributed by atoms with Gasteiger partial charge in [0.2, 0.25) is 0 Å². The molecule has 93 valence electrons. The van der Waals surface area contributed by atoms with Crippen molar-refractivity contribution in [1.82, 2.24) is 9.55 Å². The van der Waals surface area contributed by atoms with Gasteiger partial charge in [0.1, 0.15) is 0 Å². The first kappa shape index (κ1) is 12.2. The summed E-state index contributed by atoms with van der Waals surface area (Å²) in [6.45, 7) is 0.334. The topological polar surface area (TPSA) is 99.6 Å². The van der Waals surface area contributed by atoms with E-state index in [4.69, 9.17) is 10.1 Å². The van der Waals surface area contributed by atoms with E-state index >= 15 is 0 Å². The zero-order valence-electron chi connectivity index (χ0n) is 9.07. The van der Waals surface area contributed by atoms with Crippen LogP contribution in [0.2, 0.25) is 0 Å². The average Bonchev–Trinajstić information content (AvgIpc) is 2.68. The summed E-state index contributed by atoms with van der Waals surface area (Å²) in [5.74, 6) is -0.298. The van der Waals surface area contributed by atoms with Crippen LogP contribution in [0.25, 0.3) is 0 Å². The second kappa shape index (κ2) is 4.68. The van der Waals surface area contributed by atoms with Crippen molar-refractivity contribution in [3.63, 3.8) is 0 Å². The van der Waals surface area contributed by atoms with Crippen molar-refractivity contribution >= 4 is 30.9 Å². The molecule has 2 fully saturated rings. The maximum atomic E-state index is 12.1. The molecular weight excluding hydrogens is 436 g/mol. The fraction of sp³-hybridized carbons (Fsp3) is 0.444. The summed E-state index contributed by atoms with van der Waals surface area (Å²) in [6.07, 6.45) is -0.897. The number of aromatic nitrogens is 2.